The summed E-state index contributed by atoms with van der Waals surface area (Å²) in [7, 11) is -11.1. The summed E-state index contributed by atoms with van der Waals surface area (Å²) in [5.41, 5.74) is 2.26. The van der Waals surface area contributed by atoms with Crippen molar-refractivity contribution in [1.82, 2.24) is 0 Å². The summed E-state index contributed by atoms with van der Waals surface area (Å²) >= 11 is -6.42. The molecule has 0 bridgehead atoms. The molecule has 2 aromatic rings. The Kier molecular flexibility index (Phi) is 12.7. The van der Waals surface area contributed by atoms with E-state index in [0.717, 1.165) is 11.1 Å². The van der Waals surface area contributed by atoms with Gasteiger partial charge in [0.15, 0.2) is 0 Å². The molecule has 1 aliphatic heterocycles. The number of hydrogen-bond acceptors (Lipinski definition) is 4. The average molecular weight is 847 g/mol. The normalized spacial score (nSPS) is 20.4. The fourth-order valence-corrected chi connectivity index (χ4v) is 107. The molecule has 46 heavy (non-hydrogen) atoms. The van der Waals surface area contributed by atoms with Crippen molar-refractivity contribution in [3.8, 4) is 0 Å². The van der Waals surface area contributed by atoms with E-state index in [2.05, 4.69) is 179 Å². The molecule has 256 valence electrons. The van der Waals surface area contributed by atoms with E-state index in [0.29, 0.717) is 0 Å². The predicted molar refractivity (Wildman–Crippen MR) is 220 cm³/mol. The fraction of sp³-hybridized carbons (Fsp3) is 0.647. The van der Waals surface area contributed by atoms with Crippen LogP contribution in [0, 0.1) is 0 Å². The molecule has 0 atom stereocenters. The van der Waals surface area contributed by atoms with Gasteiger partial charge in [0.1, 0.15) is 0 Å². The molecule has 1 aliphatic rings. The first kappa shape index (κ1) is 41.3. The zero-order chi connectivity index (χ0) is 35.4. The summed E-state index contributed by atoms with van der Waals surface area (Å²) in [6.07, 6.45) is -0.862. The second-order valence-electron chi connectivity index (χ2n) is 19.8. The molecule has 0 aromatic heterocycles. The molecule has 0 amide bonds. The molecule has 0 spiro atoms. The van der Waals surface area contributed by atoms with Gasteiger partial charge in [0.05, 0.1) is 0 Å². The van der Waals surface area contributed by atoms with E-state index < -0.39 is 94.9 Å². The second-order valence-corrected chi connectivity index (χ2v) is 70.5. The zero-order valence-electron chi connectivity index (χ0n) is 32.7. The van der Waals surface area contributed by atoms with Gasteiger partial charge < -0.3 is 0 Å². The van der Waals surface area contributed by atoms with Crippen molar-refractivity contribution in [3.63, 3.8) is 0 Å². The Hall–Kier alpha value is 0.854. The molecule has 0 aliphatic carbocycles. The van der Waals surface area contributed by atoms with Crippen molar-refractivity contribution < 1.29 is 14.1 Å². The third-order valence-electron chi connectivity index (χ3n) is 10.9. The van der Waals surface area contributed by atoms with Crippen LogP contribution in [0.5, 0.6) is 0 Å². The molecule has 1 heterocycles. The molecule has 0 N–H and O–H groups in total. The summed E-state index contributed by atoms with van der Waals surface area (Å²) in [6.45, 7) is 46.8. The Morgan fingerprint density at radius 3 is 0.739 bits per heavy atom. The molecule has 12 heteroatoms. The summed E-state index contributed by atoms with van der Waals surface area (Å²) < 4.78 is 31.5. The first-order chi connectivity index (χ1) is 20.6. The third-order valence-corrected chi connectivity index (χ3v) is 99.3. The minimum absolute atomic E-state index is 0.153. The monoisotopic (exact) mass is 844 g/mol. The summed E-state index contributed by atoms with van der Waals surface area (Å²) in [6, 6.07) is 21.7. The van der Waals surface area contributed by atoms with Gasteiger partial charge in [-0.05, 0) is 0 Å². The second kappa shape index (κ2) is 14.1. The summed E-state index contributed by atoms with van der Waals surface area (Å²) in [5, 5.41) is 0. The van der Waals surface area contributed by atoms with Crippen LogP contribution >= 0.6 is 0 Å². The van der Waals surface area contributed by atoms with E-state index in [1.54, 1.807) is 0 Å². The molecule has 0 saturated carbocycles. The first-order valence-corrected chi connectivity index (χ1v) is 44.7. The molecule has 0 unspecified atom stereocenters. The third kappa shape index (κ3) is 7.56. The minimum atomic E-state index is -3.21. The Balaban J connectivity index is 2.47. The van der Waals surface area contributed by atoms with Gasteiger partial charge >= 0.3 is 304 Å². The van der Waals surface area contributed by atoms with E-state index in [1.807, 2.05) is 0 Å². The van der Waals surface area contributed by atoms with Crippen LogP contribution in [0.2, 0.25) is 124 Å². The van der Waals surface area contributed by atoms with E-state index in [4.69, 9.17) is 14.1 Å². The standard InChI is InChI=1S/2C10H27Si3.2C7H6O2.2Ga/c2*1-11(2,3)10(12(4,5)6)13(7,8)9;2*8-7(9)6-4-2-1-3-5-6;;/h2*1-9H3;2*1-5,7H;;/q;;2*-2;2*+2. The SMILES string of the molecule is C[Si](C)(C)[C]([Ga]1[O]C(c2ccccc2)[O][Ga]([C]([Si](C)(C)C)([Si](C)(C)C)[Si](C)(C)C)[O]C(c2ccccc2)[O]1)([Si](C)(C)C)[Si](C)(C)C. The molecular weight excluding hydrogens is 780 g/mol. The van der Waals surface area contributed by atoms with Crippen molar-refractivity contribution in [2.24, 2.45) is 0 Å². The van der Waals surface area contributed by atoms with Crippen molar-refractivity contribution >= 4 is 82.3 Å². The van der Waals surface area contributed by atoms with Crippen LogP contribution < -0.4 is 0 Å². The van der Waals surface area contributed by atoms with Crippen molar-refractivity contribution in [2.45, 2.75) is 136 Å². The number of hydrogen-bond donors (Lipinski definition) is 0. The van der Waals surface area contributed by atoms with Gasteiger partial charge in [0, 0.05) is 0 Å². The number of rotatable bonds is 10. The van der Waals surface area contributed by atoms with Crippen LogP contribution in [-0.4, -0.2) is 82.3 Å². The van der Waals surface area contributed by atoms with Gasteiger partial charge in [-0.1, -0.05) is 0 Å². The quantitative estimate of drug-likeness (QED) is 0.223. The van der Waals surface area contributed by atoms with Crippen molar-refractivity contribution in [2.75, 3.05) is 0 Å². The van der Waals surface area contributed by atoms with Crippen molar-refractivity contribution in [3.05, 3.63) is 71.8 Å². The van der Waals surface area contributed by atoms with Crippen LogP contribution in [0.1, 0.15) is 23.7 Å². The molecule has 1 saturated heterocycles. The first-order valence-electron chi connectivity index (χ1n) is 17.4. The molecule has 4 nitrogen and oxygen atoms in total. The van der Waals surface area contributed by atoms with Crippen LogP contribution in [0.3, 0.4) is 0 Å². The summed E-state index contributed by atoms with van der Waals surface area (Å²) in [4.78, 5) is 0. The fourth-order valence-electron chi connectivity index (χ4n) is 11.4. The van der Waals surface area contributed by atoms with Crippen LogP contribution in [0.25, 0.3) is 0 Å². The van der Waals surface area contributed by atoms with E-state index in [1.165, 1.54) is 0 Å². The molecule has 3 rings (SSSR count). The van der Waals surface area contributed by atoms with E-state index in [-0.39, 0.29) is 5.68 Å². The van der Waals surface area contributed by atoms with Crippen molar-refractivity contribution in [1.29, 1.82) is 0 Å². The van der Waals surface area contributed by atoms with Gasteiger partial charge in [0.2, 0.25) is 0 Å². The maximum absolute atomic E-state index is 7.80. The van der Waals surface area contributed by atoms with Gasteiger partial charge in [-0.15, -0.1) is 0 Å². The van der Waals surface area contributed by atoms with Gasteiger partial charge in [0.25, 0.3) is 0 Å². The zero-order valence-corrected chi connectivity index (χ0v) is 43.6. The Bertz CT molecular complexity index is 1100. The van der Waals surface area contributed by atoms with E-state index >= 15 is 0 Å². The van der Waals surface area contributed by atoms with Crippen LogP contribution in [-0.2, 0) is 14.1 Å². The maximum atomic E-state index is 7.80. The van der Waals surface area contributed by atoms with Crippen LogP contribution in [0.4, 0.5) is 0 Å². The summed E-state index contributed by atoms with van der Waals surface area (Å²) in [5.74, 6) is 0. The molecule has 0 radical (unpaired) electrons. The molecule has 2 aromatic carbocycles. The Morgan fingerprint density at radius 2 is 0.565 bits per heavy atom. The average Bonchev–Trinajstić information content (AvgIpc) is 2.82. The van der Waals surface area contributed by atoms with Gasteiger partial charge in [-0.2, -0.15) is 0 Å². The van der Waals surface area contributed by atoms with E-state index in [9.17, 15) is 0 Å². The Morgan fingerprint density at radius 1 is 0.370 bits per heavy atom. The van der Waals surface area contributed by atoms with Gasteiger partial charge in [-0.3, -0.25) is 0 Å². The number of benzene rings is 2. The van der Waals surface area contributed by atoms with Crippen LogP contribution in [0.15, 0.2) is 60.7 Å². The van der Waals surface area contributed by atoms with Gasteiger partial charge in [-0.25, -0.2) is 0 Å². The predicted octanol–water partition coefficient (Wildman–Crippen LogP) is 11.2. The topological polar surface area (TPSA) is 36.9 Å². The molecular formula is C34H66Ga2O4Si6. The molecule has 1 fully saturated rings. The Labute approximate surface area is 301 Å².